The first-order valence-electron chi connectivity index (χ1n) is 9.33. The highest BCUT2D eigenvalue weighted by Crippen LogP contribution is 2.40. The SMILES string of the molecule is CCC1(CC#N)CN(C2CCN(C(=O)c3ccnc(C(F)(F)F)c3F)CC2)C1. The van der Waals surface area contributed by atoms with Gasteiger partial charge in [0.2, 0.25) is 0 Å². The number of amides is 1. The van der Waals surface area contributed by atoms with Crippen molar-refractivity contribution in [2.45, 2.75) is 44.8 Å². The third kappa shape index (κ3) is 3.83. The maximum absolute atomic E-state index is 14.2. The highest BCUT2D eigenvalue weighted by Gasteiger charge is 2.45. The average Bonchev–Trinajstić information content (AvgIpc) is 2.63. The van der Waals surface area contributed by atoms with Crippen LogP contribution in [-0.2, 0) is 6.18 Å². The normalized spacial score (nSPS) is 20.5. The molecule has 0 spiro atoms. The van der Waals surface area contributed by atoms with E-state index >= 15 is 0 Å². The highest BCUT2D eigenvalue weighted by atomic mass is 19.4. The molecule has 2 saturated heterocycles. The van der Waals surface area contributed by atoms with Gasteiger partial charge in [0.1, 0.15) is 0 Å². The topological polar surface area (TPSA) is 60.2 Å². The fourth-order valence-electron chi connectivity index (χ4n) is 4.11. The van der Waals surface area contributed by atoms with Crippen molar-refractivity contribution in [3.05, 3.63) is 29.3 Å². The average molecular weight is 398 g/mol. The number of aromatic nitrogens is 1. The van der Waals surface area contributed by atoms with Crippen molar-refractivity contribution in [3.8, 4) is 6.07 Å². The molecule has 5 nitrogen and oxygen atoms in total. The van der Waals surface area contributed by atoms with Crippen molar-refractivity contribution < 1.29 is 22.4 Å². The van der Waals surface area contributed by atoms with Gasteiger partial charge in [0, 0.05) is 50.3 Å². The molecule has 1 aromatic rings. The van der Waals surface area contributed by atoms with E-state index in [0.29, 0.717) is 32.4 Å². The molecule has 9 heteroatoms. The summed E-state index contributed by atoms with van der Waals surface area (Å²) in [6.07, 6.45) is -1.31. The van der Waals surface area contributed by atoms with E-state index in [1.807, 2.05) is 0 Å². The van der Waals surface area contributed by atoms with Gasteiger partial charge in [-0.15, -0.1) is 0 Å². The number of hydrogen-bond donors (Lipinski definition) is 0. The number of piperidine rings is 1. The van der Waals surface area contributed by atoms with Crippen LogP contribution in [0.25, 0.3) is 0 Å². The summed E-state index contributed by atoms with van der Waals surface area (Å²) in [6, 6.07) is 3.51. The van der Waals surface area contributed by atoms with Gasteiger partial charge >= 0.3 is 6.18 Å². The molecular weight excluding hydrogens is 376 g/mol. The molecule has 152 valence electrons. The van der Waals surface area contributed by atoms with Crippen LogP contribution in [0, 0.1) is 22.6 Å². The lowest BCUT2D eigenvalue weighted by molar-refractivity contribution is -0.143. The molecule has 0 N–H and O–H groups in total. The Bertz CT molecular complexity index is 775. The number of carbonyl (C=O) groups is 1. The summed E-state index contributed by atoms with van der Waals surface area (Å²) in [6.45, 7) is 4.50. The molecule has 0 aromatic carbocycles. The minimum atomic E-state index is -4.94. The zero-order valence-electron chi connectivity index (χ0n) is 15.6. The van der Waals surface area contributed by atoms with Gasteiger partial charge < -0.3 is 4.90 Å². The van der Waals surface area contributed by atoms with Crippen molar-refractivity contribution in [2.75, 3.05) is 26.2 Å². The van der Waals surface area contributed by atoms with Gasteiger partial charge in [0.25, 0.3) is 5.91 Å². The van der Waals surface area contributed by atoms with Crippen LogP contribution in [0.1, 0.15) is 48.7 Å². The molecule has 0 unspecified atom stereocenters. The number of likely N-dealkylation sites (tertiary alicyclic amines) is 2. The van der Waals surface area contributed by atoms with E-state index in [2.05, 4.69) is 22.9 Å². The first kappa shape index (κ1) is 20.5. The first-order chi connectivity index (χ1) is 13.2. The van der Waals surface area contributed by atoms with E-state index in [0.717, 1.165) is 31.8 Å². The lowest BCUT2D eigenvalue weighted by atomic mass is 9.73. The van der Waals surface area contributed by atoms with Crippen LogP contribution in [0.3, 0.4) is 0 Å². The van der Waals surface area contributed by atoms with Gasteiger partial charge in [-0.25, -0.2) is 9.37 Å². The fourth-order valence-corrected chi connectivity index (χ4v) is 4.11. The molecule has 1 amide bonds. The van der Waals surface area contributed by atoms with E-state index in [4.69, 9.17) is 5.26 Å². The third-order valence-corrected chi connectivity index (χ3v) is 5.94. The Morgan fingerprint density at radius 1 is 1.36 bits per heavy atom. The van der Waals surface area contributed by atoms with Crippen LogP contribution < -0.4 is 0 Å². The second-order valence-electron chi connectivity index (χ2n) is 7.64. The molecule has 0 radical (unpaired) electrons. The number of carbonyl (C=O) groups excluding carboxylic acids is 1. The number of alkyl halides is 3. The van der Waals surface area contributed by atoms with Gasteiger partial charge in [-0.1, -0.05) is 6.92 Å². The standard InChI is InChI=1S/C19H22F4N4O/c1-2-18(6-7-24)11-27(12-18)13-4-9-26(10-5-13)17(28)14-3-8-25-16(15(14)20)19(21,22)23/h3,8,13H,2,4-6,9-12H2,1H3. The molecule has 0 bridgehead atoms. The molecule has 0 aliphatic carbocycles. The lowest BCUT2D eigenvalue weighted by Gasteiger charge is -2.54. The summed E-state index contributed by atoms with van der Waals surface area (Å²) in [5.74, 6) is -2.35. The molecule has 1 aromatic heterocycles. The van der Waals surface area contributed by atoms with Crippen molar-refractivity contribution in [1.29, 1.82) is 5.26 Å². The predicted molar refractivity (Wildman–Crippen MR) is 92.6 cm³/mol. The Balaban J connectivity index is 1.61. The quantitative estimate of drug-likeness (QED) is 0.729. The maximum atomic E-state index is 14.2. The Kier molecular flexibility index (Phi) is 5.62. The summed E-state index contributed by atoms with van der Waals surface area (Å²) in [5, 5.41) is 8.97. The second kappa shape index (κ2) is 7.66. The number of nitrogens with zero attached hydrogens (tertiary/aromatic N) is 4. The van der Waals surface area contributed by atoms with Crippen LogP contribution in [0.15, 0.2) is 12.3 Å². The molecule has 0 atom stereocenters. The summed E-state index contributed by atoms with van der Waals surface area (Å²) in [5.41, 5.74) is -2.21. The molecular formula is C19H22F4N4O. The van der Waals surface area contributed by atoms with Gasteiger partial charge in [-0.2, -0.15) is 18.4 Å². The Morgan fingerprint density at radius 2 is 2.00 bits per heavy atom. The molecule has 3 heterocycles. The number of hydrogen-bond acceptors (Lipinski definition) is 4. The zero-order chi connectivity index (χ0) is 20.5. The summed E-state index contributed by atoms with van der Waals surface area (Å²) in [4.78, 5) is 19.3. The number of halogens is 4. The minimum Gasteiger partial charge on any atom is -0.338 e. The van der Waals surface area contributed by atoms with Crippen LogP contribution in [0.5, 0.6) is 0 Å². The smallest absolute Gasteiger partial charge is 0.338 e. The van der Waals surface area contributed by atoms with Crippen LogP contribution in [0.2, 0.25) is 0 Å². The first-order valence-corrected chi connectivity index (χ1v) is 9.33. The van der Waals surface area contributed by atoms with Crippen molar-refractivity contribution >= 4 is 5.91 Å². The van der Waals surface area contributed by atoms with Crippen molar-refractivity contribution in [2.24, 2.45) is 5.41 Å². The van der Waals surface area contributed by atoms with Crippen molar-refractivity contribution in [3.63, 3.8) is 0 Å². The Hall–Kier alpha value is -2.21. The number of nitriles is 1. The van der Waals surface area contributed by atoms with E-state index in [-0.39, 0.29) is 11.5 Å². The van der Waals surface area contributed by atoms with Gasteiger partial charge in [-0.3, -0.25) is 9.69 Å². The zero-order valence-corrected chi connectivity index (χ0v) is 15.6. The Labute approximate surface area is 160 Å². The fraction of sp³-hybridized carbons (Fsp3) is 0.632. The lowest BCUT2D eigenvalue weighted by Crippen LogP contribution is -2.61. The van der Waals surface area contributed by atoms with Crippen molar-refractivity contribution in [1.82, 2.24) is 14.8 Å². The molecule has 28 heavy (non-hydrogen) atoms. The van der Waals surface area contributed by atoms with E-state index in [9.17, 15) is 22.4 Å². The Morgan fingerprint density at radius 3 is 2.54 bits per heavy atom. The van der Waals surface area contributed by atoms with Gasteiger partial charge in [0.05, 0.1) is 11.6 Å². The van der Waals surface area contributed by atoms with Crippen LogP contribution in [-0.4, -0.2) is 52.9 Å². The minimum absolute atomic E-state index is 0.0515. The van der Waals surface area contributed by atoms with Gasteiger partial charge in [0.15, 0.2) is 11.5 Å². The summed E-state index contributed by atoms with van der Waals surface area (Å²) in [7, 11) is 0. The molecule has 2 fully saturated rings. The summed E-state index contributed by atoms with van der Waals surface area (Å²) >= 11 is 0. The van der Waals surface area contributed by atoms with Crippen LogP contribution in [0.4, 0.5) is 17.6 Å². The predicted octanol–water partition coefficient (Wildman–Crippen LogP) is 3.47. The number of rotatable bonds is 4. The van der Waals surface area contributed by atoms with E-state index in [1.165, 1.54) is 4.90 Å². The largest absolute Gasteiger partial charge is 0.436 e. The van der Waals surface area contributed by atoms with Crippen LogP contribution >= 0.6 is 0 Å². The van der Waals surface area contributed by atoms with Gasteiger partial charge in [-0.05, 0) is 25.3 Å². The second-order valence-corrected chi connectivity index (χ2v) is 7.64. The molecule has 2 aliphatic rings. The summed E-state index contributed by atoms with van der Waals surface area (Å²) < 4.78 is 52.6. The highest BCUT2D eigenvalue weighted by molar-refractivity contribution is 5.94. The maximum Gasteiger partial charge on any atom is 0.436 e. The van der Waals surface area contributed by atoms with E-state index in [1.54, 1.807) is 0 Å². The molecule has 2 aliphatic heterocycles. The monoisotopic (exact) mass is 398 g/mol. The molecule has 3 rings (SSSR count). The molecule has 0 saturated carbocycles. The van der Waals surface area contributed by atoms with E-state index < -0.39 is 29.2 Å². The third-order valence-electron chi connectivity index (χ3n) is 5.94. The number of pyridine rings is 1.